The van der Waals surface area contributed by atoms with Crippen LogP contribution in [0.4, 0.5) is 5.69 Å². The van der Waals surface area contributed by atoms with Crippen LogP contribution in [0.3, 0.4) is 0 Å². The van der Waals surface area contributed by atoms with Gasteiger partial charge in [-0.3, -0.25) is 4.79 Å². The van der Waals surface area contributed by atoms with Crippen LogP contribution < -0.4 is 15.4 Å². The molecule has 2 atom stereocenters. The Balaban J connectivity index is 1.98. The lowest BCUT2D eigenvalue weighted by Gasteiger charge is -2.29. The molecule has 22 heavy (non-hydrogen) atoms. The van der Waals surface area contributed by atoms with Crippen LogP contribution in [-0.2, 0) is 9.53 Å². The van der Waals surface area contributed by atoms with Crippen molar-refractivity contribution >= 4 is 23.2 Å². The number of hydrogen-bond acceptors (Lipinski definition) is 4. The first-order valence-corrected chi connectivity index (χ1v) is 7.93. The molecule has 2 rings (SSSR count). The van der Waals surface area contributed by atoms with Crippen molar-refractivity contribution in [3.05, 3.63) is 23.2 Å². The van der Waals surface area contributed by atoms with E-state index in [0.717, 1.165) is 0 Å². The van der Waals surface area contributed by atoms with E-state index in [1.807, 2.05) is 6.92 Å². The van der Waals surface area contributed by atoms with Gasteiger partial charge in [0.15, 0.2) is 0 Å². The Morgan fingerprint density at radius 2 is 2.32 bits per heavy atom. The standard InChI is InChI=1S/C16H23ClN2O3/c1-10(2)9-22-14-5-4-12(8-13(14)17)19-16(20)15-11(3)21-7-6-18-15/h4-5,8,10-11,15,18H,6-7,9H2,1-3H3,(H,19,20)/t11-,15+/m1/s1. The quantitative estimate of drug-likeness (QED) is 0.873. The third kappa shape index (κ3) is 4.60. The van der Waals surface area contributed by atoms with Crippen LogP contribution in [0.15, 0.2) is 18.2 Å². The molecule has 2 N–H and O–H groups in total. The highest BCUT2D eigenvalue weighted by Gasteiger charge is 2.28. The Kier molecular flexibility index (Phi) is 6.06. The number of carbonyl (C=O) groups excluding carboxylic acids is 1. The fourth-order valence-corrected chi connectivity index (χ4v) is 2.43. The summed E-state index contributed by atoms with van der Waals surface area (Å²) in [6.45, 7) is 7.92. The van der Waals surface area contributed by atoms with Crippen LogP contribution >= 0.6 is 11.6 Å². The van der Waals surface area contributed by atoms with Crippen molar-refractivity contribution < 1.29 is 14.3 Å². The van der Waals surface area contributed by atoms with Crippen molar-refractivity contribution in [1.82, 2.24) is 5.32 Å². The summed E-state index contributed by atoms with van der Waals surface area (Å²) in [5.41, 5.74) is 0.645. The van der Waals surface area contributed by atoms with Gasteiger partial charge in [0.1, 0.15) is 11.8 Å². The fraction of sp³-hybridized carbons (Fsp3) is 0.562. The van der Waals surface area contributed by atoms with Crippen LogP contribution in [-0.4, -0.2) is 37.8 Å². The molecule has 1 aliphatic heterocycles. The maximum Gasteiger partial charge on any atom is 0.244 e. The first-order chi connectivity index (χ1) is 10.5. The van der Waals surface area contributed by atoms with Crippen LogP contribution in [0.2, 0.25) is 5.02 Å². The van der Waals surface area contributed by atoms with Crippen LogP contribution in [0, 0.1) is 5.92 Å². The number of ether oxygens (including phenoxy) is 2. The van der Waals surface area contributed by atoms with E-state index < -0.39 is 0 Å². The van der Waals surface area contributed by atoms with Crippen LogP contribution in [0.25, 0.3) is 0 Å². The molecule has 0 saturated carbocycles. The molecule has 1 amide bonds. The van der Waals surface area contributed by atoms with Crippen LogP contribution in [0.5, 0.6) is 5.75 Å². The lowest BCUT2D eigenvalue weighted by Crippen LogP contribution is -2.53. The molecule has 0 aromatic heterocycles. The summed E-state index contributed by atoms with van der Waals surface area (Å²) in [7, 11) is 0. The minimum absolute atomic E-state index is 0.126. The molecule has 0 bridgehead atoms. The highest BCUT2D eigenvalue weighted by Crippen LogP contribution is 2.28. The number of hydrogen-bond donors (Lipinski definition) is 2. The lowest BCUT2D eigenvalue weighted by atomic mass is 10.1. The van der Waals surface area contributed by atoms with Crippen molar-refractivity contribution in [2.75, 3.05) is 25.1 Å². The topological polar surface area (TPSA) is 59.6 Å². The normalized spacial score (nSPS) is 21.7. The summed E-state index contributed by atoms with van der Waals surface area (Å²) >= 11 is 6.19. The van der Waals surface area contributed by atoms with Crippen LogP contribution in [0.1, 0.15) is 20.8 Å². The second kappa shape index (κ2) is 7.81. The largest absolute Gasteiger partial charge is 0.492 e. The summed E-state index contributed by atoms with van der Waals surface area (Å²) in [6, 6.07) is 4.90. The van der Waals surface area contributed by atoms with E-state index >= 15 is 0 Å². The highest BCUT2D eigenvalue weighted by molar-refractivity contribution is 6.32. The number of benzene rings is 1. The van der Waals surface area contributed by atoms with Gasteiger partial charge < -0.3 is 20.1 Å². The zero-order valence-corrected chi connectivity index (χ0v) is 13.9. The predicted octanol–water partition coefficient (Wildman–Crippen LogP) is 2.69. The Bertz CT molecular complexity index is 522. The minimum Gasteiger partial charge on any atom is -0.492 e. The molecule has 1 heterocycles. The molecular weight excluding hydrogens is 304 g/mol. The molecule has 1 saturated heterocycles. The van der Waals surface area contributed by atoms with E-state index in [1.165, 1.54) is 0 Å². The maximum atomic E-state index is 12.3. The molecule has 0 radical (unpaired) electrons. The van der Waals surface area contributed by atoms with E-state index in [0.29, 0.717) is 42.1 Å². The smallest absolute Gasteiger partial charge is 0.244 e. The second-order valence-electron chi connectivity index (χ2n) is 5.85. The molecule has 1 aromatic carbocycles. The Labute approximate surface area is 136 Å². The third-order valence-electron chi connectivity index (χ3n) is 3.37. The Morgan fingerprint density at radius 3 is 2.95 bits per heavy atom. The van der Waals surface area contributed by atoms with Gasteiger partial charge in [-0.1, -0.05) is 25.4 Å². The molecule has 0 spiro atoms. The predicted molar refractivity (Wildman–Crippen MR) is 87.6 cm³/mol. The summed E-state index contributed by atoms with van der Waals surface area (Å²) in [4.78, 5) is 12.3. The highest BCUT2D eigenvalue weighted by atomic mass is 35.5. The number of halogens is 1. The van der Waals surface area contributed by atoms with E-state index in [9.17, 15) is 4.79 Å². The van der Waals surface area contributed by atoms with Crippen molar-refractivity contribution in [3.63, 3.8) is 0 Å². The first kappa shape index (κ1) is 17.1. The van der Waals surface area contributed by atoms with Crippen molar-refractivity contribution in [2.24, 2.45) is 5.92 Å². The molecule has 1 aromatic rings. The monoisotopic (exact) mass is 326 g/mol. The van der Waals surface area contributed by atoms with Crippen molar-refractivity contribution in [1.29, 1.82) is 0 Å². The zero-order chi connectivity index (χ0) is 16.1. The third-order valence-corrected chi connectivity index (χ3v) is 3.67. The number of morpholine rings is 1. The lowest BCUT2D eigenvalue weighted by molar-refractivity contribution is -0.123. The molecule has 5 nitrogen and oxygen atoms in total. The van der Waals surface area contributed by atoms with E-state index in [1.54, 1.807) is 18.2 Å². The average molecular weight is 327 g/mol. The number of anilines is 1. The first-order valence-electron chi connectivity index (χ1n) is 7.55. The molecule has 0 unspecified atom stereocenters. The molecular formula is C16H23ClN2O3. The summed E-state index contributed by atoms with van der Waals surface area (Å²) in [5, 5.41) is 6.49. The number of rotatable bonds is 5. The molecule has 1 aliphatic rings. The molecule has 0 aliphatic carbocycles. The Hall–Kier alpha value is -1.30. The zero-order valence-electron chi connectivity index (χ0n) is 13.2. The van der Waals surface area contributed by atoms with Gasteiger partial charge in [0, 0.05) is 12.2 Å². The van der Waals surface area contributed by atoms with E-state index in [2.05, 4.69) is 24.5 Å². The second-order valence-corrected chi connectivity index (χ2v) is 6.25. The van der Waals surface area contributed by atoms with Gasteiger partial charge in [0.2, 0.25) is 5.91 Å². The summed E-state index contributed by atoms with van der Waals surface area (Å²) in [6.07, 6.45) is -0.155. The summed E-state index contributed by atoms with van der Waals surface area (Å²) < 4.78 is 11.1. The summed E-state index contributed by atoms with van der Waals surface area (Å²) in [5.74, 6) is 0.925. The SMILES string of the molecule is CC(C)COc1ccc(NC(=O)[C@H]2NCCO[C@@H]2C)cc1Cl. The van der Waals surface area contributed by atoms with Gasteiger partial charge in [0.05, 0.1) is 24.3 Å². The fourth-order valence-electron chi connectivity index (χ4n) is 2.20. The molecule has 122 valence electrons. The molecule has 6 heteroatoms. The minimum atomic E-state index is -0.357. The Morgan fingerprint density at radius 1 is 1.55 bits per heavy atom. The van der Waals surface area contributed by atoms with Crippen molar-refractivity contribution in [2.45, 2.75) is 32.9 Å². The average Bonchev–Trinajstić information content (AvgIpc) is 2.46. The molecule has 1 fully saturated rings. The van der Waals surface area contributed by atoms with E-state index in [4.69, 9.17) is 21.1 Å². The number of nitrogens with one attached hydrogen (secondary N) is 2. The van der Waals surface area contributed by atoms with Gasteiger partial charge in [-0.15, -0.1) is 0 Å². The number of amides is 1. The van der Waals surface area contributed by atoms with Gasteiger partial charge in [-0.25, -0.2) is 0 Å². The van der Waals surface area contributed by atoms with Gasteiger partial charge in [-0.2, -0.15) is 0 Å². The maximum absolute atomic E-state index is 12.3. The number of carbonyl (C=O) groups is 1. The van der Waals surface area contributed by atoms with Crippen molar-refractivity contribution in [3.8, 4) is 5.75 Å². The van der Waals surface area contributed by atoms with Gasteiger partial charge >= 0.3 is 0 Å². The van der Waals surface area contributed by atoms with Gasteiger partial charge in [-0.05, 0) is 31.0 Å². The van der Waals surface area contributed by atoms with Gasteiger partial charge in [0.25, 0.3) is 0 Å². The van der Waals surface area contributed by atoms with E-state index in [-0.39, 0.29) is 18.1 Å².